The van der Waals surface area contributed by atoms with E-state index < -0.39 is 10.8 Å². The topological polar surface area (TPSA) is 84.6 Å². The summed E-state index contributed by atoms with van der Waals surface area (Å²) in [7, 11) is 0. The molecule has 0 spiro atoms. The molecule has 2 rings (SSSR count). The summed E-state index contributed by atoms with van der Waals surface area (Å²) in [6.45, 7) is 2.19. The van der Waals surface area contributed by atoms with Crippen LogP contribution in [0.4, 0.5) is 5.69 Å². The molecule has 1 aromatic carbocycles. The third-order valence-electron chi connectivity index (χ3n) is 4.04. The number of hydrazone groups is 1. The first kappa shape index (κ1) is 16.1. The fraction of sp³-hybridized carbons (Fsp3) is 0.500. The van der Waals surface area contributed by atoms with Gasteiger partial charge in [0.15, 0.2) is 0 Å². The molecule has 0 atom stereocenters. The minimum Gasteiger partial charge on any atom is -0.267 e. The number of amides is 1. The standard InChI is InChI=1S/C16H21N3O3/c1-2-5-12-8-10-13(11-9-12)17-18-16(20)14-6-3-4-7-15(14)19(21)22/h3-4,6-7,12H,2,5,8-11H2,1H3,(H,18,20). The molecule has 1 N–H and O–H groups in total. The van der Waals surface area contributed by atoms with Gasteiger partial charge < -0.3 is 0 Å². The molecule has 0 radical (unpaired) electrons. The minimum absolute atomic E-state index is 0.0384. The Labute approximate surface area is 129 Å². The first-order valence-electron chi connectivity index (χ1n) is 7.71. The van der Waals surface area contributed by atoms with Crippen molar-refractivity contribution in [3.05, 3.63) is 39.9 Å². The minimum atomic E-state index is -0.558. The van der Waals surface area contributed by atoms with Gasteiger partial charge in [0.2, 0.25) is 0 Å². The number of rotatable bonds is 5. The molecule has 1 aliphatic carbocycles. The molecule has 1 amide bonds. The molecule has 1 aromatic rings. The normalized spacial score (nSPS) is 17.9. The Balaban J connectivity index is 1.96. The molecule has 0 saturated heterocycles. The van der Waals surface area contributed by atoms with E-state index in [0.717, 1.165) is 37.3 Å². The van der Waals surface area contributed by atoms with Gasteiger partial charge in [0.05, 0.1) is 4.92 Å². The number of hydrogen-bond donors (Lipinski definition) is 1. The van der Waals surface area contributed by atoms with E-state index in [9.17, 15) is 14.9 Å². The Kier molecular flexibility index (Phi) is 5.63. The maximum Gasteiger partial charge on any atom is 0.282 e. The highest BCUT2D eigenvalue weighted by Crippen LogP contribution is 2.26. The van der Waals surface area contributed by atoms with Gasteiger partial charge in [-0.3, -0.25) is 14.9 Å². The van der Waals surface area contributed by atoms with Crippen LogP contribution in [0.3, 0.4) is 0 Å². The third kappa shape index (κ3) is 4.13. The van der Waals surface area contributed by atoms with Crippen LogP contribution in [0.1, 0.15) is 55.8 Å². The van der Waals surface area contributed by atoms with Crippen molar-refractivity contribution in [2.45, 2.75) is 45.4 Å². The van der Waals surface area contributed by atoms with Crippen molar-refractivity contribution in [1.82, 2.24) is 5.43 Å². The van der Waals surface area contributed by atoms with E-state index in [2.05, 4.69) is 17.5 Å². The van der Waals surface area contributed by atoms with E-state index in [1.165, 1.54) is 31.0 Å². The molecule has 0 bridgehead atoms. The van der Waals surface area contributed by atoms with Crippen LogP contribution in [-0.4, -0.2) is 16.5 Å². The summed E-state index contributed by atoms with van der Waals surface area (Å²) in [5, 5.41) is 15.1. The molecule has 118 valence electrons. The van der Waals surface area contributed by atoms with Crippen LogP contribution in [0.2, 0.25) is 0 Å². The van der Waals surface area contributed by atoms with Gasteiger partial charge in [-0.15, -0.1) is 0 Å². The van der Waals surface area contributed by atoms with Crippen molar-refractivity contribution >= 4 is 17.3 Å². The molecule has 6 nitrogen and oxygen atoms in total. The highest BCUT2D eigenvalue weighted by molar-refractivity contribution is 5.98. The zero-order valence-electron chi connectivity index (χ0n) is 12.7. The molecule has 6 heteroatoms. The van der Waals surface area contributed by atoms with Gasteiger partial charge in [-0.2, -0.15) is 5.10 Å². The predicted molar refractivity (Wildman–Crippen MR) is 84.9 cm³/mol. The molecule has 0 unspecified atom stereocenters. The highest BCUT2D eigenvalue weighted by Gasteiger charge is 2.20. The fourth-order valence-electron chi connectivity index (χ4n) is 2.83. The summed E-state index contributed by atoms with van der Waals surface area (Å²) >= 11 is 0. The second-order valence-electron chi connectivity index (χ2n) is 5.63. The lowest BCUT2D eigenvalue weighted by molar-refractivity contribution is -0.385. The van der Waals surface area contributed by atoms with Crippen LogP contribution < -0.4 is 5.43 Å². The van der Waals surface area contributed by atoms with E-state index in [1.807, 2.05) is 0 Å². The zero-order chi connectivity index (χ0) is 15.9. The molecular weight excluding hydrogens is 282 g/mol. The van der Waals surface area contributed by atoms with Crippen LogP contribution in [-0.2, 0) is 0 Å². The number of benzene rings is 1. The average molecular weight is 303 g/mol. The van der Waals surface area contributed by atoms with Gasteiger partial charge in [-0.1, -0.05) is 31.9 Å². The van der Waals surface area contributed by atoms with Crippen LogP contribution in [0.5, 0.6) is 0 Å². The van der Waals surface area contributed by atoms with Crippen molar-refractivity contribution in [3.8, 4) is 0 Å². The first-order valence-corrected chi connectivity index (χ1v) is 7.71. The van der Waals surface area contributed by atoms with E-state index in [4.69, 9.17) is 0 Å². The van der Waals surface area contributed by atoms with Gasteiger partial charge in [0, 0.05) is 11.8 Å². The van der Waals surface area contributed by atoms with Gasteiger partial charge >= 0.3 is 0 Å². The maximum atomic E-state index is 12.1. The number of nitrogens with zero attached hydrogens (tertiary/aromatic N) is 2. The largest absolute Gasteiger partial charge is 0.282 e. The maximum absolute atomic E-state index is 12.1. The zero-order valence-corrected chi connectivity index (χ0v) is 12.7. The van der Waals surface area contributed by atoms with Gasteiger partial charge in [0.25, 0.3) is 11.6 Å². The summed E-state index contributed by atoms with van der Waals surface area (Å²) in [6, 6.07) is 5.89. The summed E-state index contributed by atoms with van der Waals surface area (Å²) in [5.74, 6) is 0.227. The monoisotopic (exact) mass is 303 g/mol. The van der Waals surface area contributed by atoms with Crippen LogP contribution in [0.15, 0.2) is 29.4 Å². The fourth-order valence-corrected chi connectivity index (χ4v) is 2.83. The SMILES string of the molecule is CCCC1CCC(=NNC(=O)c2ccccc2[N+](=O)[O-])CC1. The number of carbonyl (C=O) groups is 1. The molecule has 0 heterocycles. The van der Waals surface area contributed by atoms with Crippen LogP contribution >= 0.6 is 0 Å². The third-order valence-corrected chi connectivity index (χ3v) is 4.04. The highest BCUT2D eigenvalue weighted by atomic mass is 16.6. The Bertz CT molecular complexity index is 574. The number of para-hydroxylation sites is 1. The second kappa shape index (κ2) is 7.68. The lowest BCUT2D eigenvalue weighted by Gasteiger charge is -2.22. The van der Waals surface area contributed by atoms with Crippen molar-refractivity contribution in [3.63, 3.8) is 0 Å². The van der Waals surface area contributed by atoms with Gasteiger partial charge in [-0.25, -0.2) is 5.43 Å². The quantitative estimate of drug-likeness (QED) is 0.665. The first-order chi connectivity index (χ1) is 10.6. The second-order valence-corrected chi connectivity index (χ2v) is 5.63. The Hall–Kier alpha value is -2.24. The molecule has 22 heavy (non-hydrogen) atoms. The number of hydrogen-bond acceptors (Lipinski definition) is 4. The lowest BCUT2D eigenvalue weighted by atomic mass is 9.85. The molecule has 0 aliphatic heterocycles. The Morgan fingerprint density at radius 3 is 2.68 bits per heavy atom. The average Bonchev–Trinajstić information content (AvgIpc) is 2.54. The summed E-state index contributed by atoms with van der Waals surface area (Å²) < 4.78 is 0. The summed E-state index contributed by atoms with van der Waals surface area (Å²) in [5.41, 5.74) is 3.26. The summed E-state index contributed by atoms with van der Waals surface area (Å²) in [6.07, 6.45) is 6.44. The molecule has 0 aromatic heterocycles. The van der Waals surface area contributed by atoms with Gasteiger partial charge in [0.1, 0.15) is 5.56 Å². The molecule has 1 fully saturated rings. The number of nitro benzene ring substituents is 1. The Morgan fingerprint density at radius 2 is 2.05 bits per heavy atom. The van der Waals surface area contributed by atoms with Crippen molar-refractivity contribution < 1.29 is 9.72 Å². The van der Waals surface area contributed by atoms with Crippen molar-refractivity contribution in [2.75, 3.05) is 0 Å². The number of nitrogens with one attached hydrogen (secondary N) is 1. The number of nitro groups is 1. The molecular formula is C16H21N3O3. The Morgan fingerprint density at radius 1 is 1.36 bits per heavy atom. The van der Waals surface area contributed by atoms with Crippen molar-refractivity contribution in [1.29, 1.82) is 0 Å². The van der Waals surface area contributed by atoms with Crippen molar-refractivity contribution in [2.24, 2.45) is 11.0 Å². The number of carbonyl (C=O) groups excluding carboxylic acids is 1. The predicted octanol–water partition coefficient (Wildman–Crippen LogP) is 3.67. The van der Waals surface area contributed by atoms with Crippen LogP contribution in [0, 0.1) is 16.0 Å². The smallest absolute Gasteiger partial charge is 0.267 e. The van der Waals surface area contributed by atoms with E-state index in [1.54, 1.807) is 6.07 Å². The van der Waals surface area contributed by atoms with E-state index >= 15 is 0 Å². The van der Waals surface area contributed by atoms with Gasteiger partial charge in [-0.05, 0) is 37.7 Å². The summed E-state index contributed by atoms with van der Waals surface area (Å²) in [4.78, 5) is 22.4. The van der Waals surface area contributed by atoms with E-state index in [0.29, 0.717) is 0 Å². The molecule has 1 aliphatic rings. The van der Waals surface area contributed by atoms with E-state index in [-0.39, 0.29) is 11.3 Å². The van der Waals surface area contributed by atoms with Crippen LogP contribution in [0.25, 0.3) is 0 Å². The molecule has 1 saturated carbocycles. The lowest BCUT2D eigenvalue weighted by Crippen LogP contribution is -2.23.